The molecule has 3 rings (SSSR count). The molecule has 0 aliphatic heterocycles. The summed E-state index contributed by atoms with van der Waals surface area (Å²) < 4.78 is 27.7. The van der Waals surface area contributed by atoms with Gasteiger partial charge in [0.2, 0.25) is 0 Å². The average molecular weight is 394 g/mol. The third-order valence-corrected chi connectivity index (χ3v) is 5.88. The van der Waals surface area contributed by atoms with E-state index in [0.29, 0.717) is 17.8 Å². The average Bonchev–Trinajstić information content (AvgIpc) is 2.69. The number of rotatable bonds is 6. The summed E-state index contributed by atoms with van der Waals surface area (Å²) >= 11 is 0. The lowest BCUT2D eigenvalue weighted by Gasteiger charge is -2.13. The van der Waals surface area contributed by atoms with Crippen molar-refractivity contribution in [2.75, 3.05) is 4.72 Å². The molecule has 0 aliphatic carbocycles. The first-order valence-corrected chi connectivity index (χ1v) is 10.4. The first-order valence-electron chi connectivity index (χ1n) is 8.88. The summed E-state index contributed by atoms with van der Waals surface area (Å²) in [5.41, 5.74) is 3.64. The van der Waals surface area contributed by atoms with Crippen LogP contribution in [0.2, 0.25) is 0 Å². The highest BCUT2D eigenvalue weighted by Crippen LogP contribution is 2.21. The van der Waals surface area contributed by atoms with Gasteiger partial charge in [0, 0.05) is 12.1 Å². The van der Waals surface area contributed by atoms with Gasteiger partial charge in [0.15, 0.2) is 0 Å². The molecule has 5 nitrogen and oxygen atoms in total. The molecular weight excluding hydrogens is 372 g/mol. The lowest BCUT2D eigenvalue weighted by molar-refractivity contribution is 0.0951. The van der Waals surface area contributed by atoms with E-state index in [2.05, 4.69) is 10.0 Å². The fourth-order valence-electron chi connectivity index (χ4n) is 2.76. The van der Waals surface area contributed by atoms with Crippen LogP contribution in [0.25, 0.3) is 0 Å². The highest BCUT2D eigenvalue weighted by atomic mass is 32.2. The molecule has 0 aromatic heterocycles. The van der Waals surface area contributed by atoms with Crippen molar-refractivity contribution in [3.8, 4) is 0 Å². The van der Waals surface area contributed by atoms with Crippen LogP contribution in [-0.4, -0.2) is 14.3 Å². The molecule has 1 amide bonds. The van der Waals surface area contributed by atoms with E-state index in [1.54, 1.807) is 43.3 Å². The zero-order valence-corrected chi connectivity index (χ0v) is 16.6. The summed E-state index contributed by atoms with van der Waals surface area (Å²) in [5, 5.41) is 2.88. The Balaban J connectivity index is 1.77. The number of sulfonamides is 1. The maximum Gasteiger partial charge on any atom is 0.261 e. The SMILES string of the molecule is Cc1ccccc1CNC(=O)c1ccc(C)c(NS(=O)(=O)c2ccccc2)c1. The third kappa shape index (κ3) is 4.58. The van der Waals surface area contributed by atoms with Crippen LogP contribution in [0.5, 0.6) is 0 Å². The minimum atomic E-state index is -3.72. The molecule has 3 aromatic rings. The van der Waals surface area contributed by atoms with E-state index in [1.807, 2.05) is 31.2 Å². The summed E-state index contributed by atoms with van der Waals surface area (Å²) in [6.07, 6.45) is 0. The second-order valence-corrected chi connectivity index (χ2v) is 8.24. The first-order chi connectivity index (χ1) is 13.4. The molecule has 0 unspecified atom stereocenters. The number of hydrogen-bond acceptors (Lipinski definition) is 3. The van der Waals surface area contributed by atoms with Gasteiger partial charge in [-0.25, -0.2) is 8.42 Å². The van der Waals surface area contributed by atoms with Crippen molar-refractivity contribution in [2.45, 2.75) is 25.3 Å². The molecule has 0 spiro atoms. The van der Waals surface area contributed by atoms with Gasteiger partial charge < -0.3 is 5.32 Å². The molecule has 144 valence electrons. The fourth-order valence-corrected chi connectivity index (χ4v) is 3.91. The zero-order chi connectivity index (χ0) is 20.1. The Kier molecular flexibility index (Phi) is 5.80. The zero-order valence-electron chi connectivity index (χ0n) is 15.8. The predicted octanol–water partition coefficient (Wildman–Crippen LogP) is 4.03. The Morgan fingerprint density at radius 3 is 2.25 bits per heavy atom. The normalized spacial score (nSPS) is 11.1. The van der Waals surface area contributed by atoms with E-state index in [4.69, 9.17) is 0 Å². The van der Waals surface area contributed by atoms with Crippen LogP contribution >= 0.6 is 0 Å². The molecule has 0 fully saturated rings. The van der Waals surface area contributed by atoms with Gasteiger partial charge in [-0.1, -0.05) is 48.5 Å². The largest absolute Gasteiger partial charge is 0.348 e. The number of carbonyl (C=O) groups is 1. The Morgan fingerprint density at radius 1 is 0.857 bits per heavy atom. The Labute approximate surface area is 165 Å². The van der Waals surface area contributed by atoms with E-state index < -0.39 is 10.0 Å². The summed E-state index contributed by atoms with van der Waals surface area (Å²) in [6.45, 7) is 4.19. The van der Waals surface area contributed by atoms with E-state index in [-0.39, 0.29) is 10.8 Å². The highest BCUT2D eigenvalue weighted by Gasteiger charge is 2.16. The van der Waals surface area contributed by atoms with Gasteiger partial charge in [0.05, 0.1) is 10.6 Å². The van der Waals surface area contributed by atoms with E-state index in [0.717, 1.165) is 16.7 Å². The Morgan fingerprint density at radius 2 is 1.54 bits per heavy atom. The van der Waals surface area contributed by atoms with Crippen molar-refractivity contribution < 1.29 is 13.2 Å². The van der Waals surface area contributed by atoms with E-state index >= 15 is 0 Å². The second kappa shape index (κ2) is 8.27. The maximum absolute atomic E-state index is 12.6. The van der Waals surface area contributed by atoms with Crippen LogP contribution in [-0.2, 0) is 16.6 Å². The molecular formula is C22H22N2O3S. The molecule has 0 saturated carbocycles. The summed E-state index contributed by atoms with van der Waals surface area (Å²) in [7, 11) is -3.72. The monoisotopic (exact) mass is 394 g/mol. The van der Waals surface area contributed by atoms with Crippen molar-refractivity contribution in [2.24, 2.45) is 0 Å². The molecule has 3 aromatic carbocycles. The fraction of sp³-hybridized carbons (Fsp3) is 0.136. The van der Waals surface area contributed by atoms with Crippen LogP contribution < -0.4 is 10.0 Å². The number of benzene rings is 3. The Hall–Kier alpha value is -3.12. The number of amides is 1. The predicted molar refractivity (Wildman–Crippen MR) is 111 cm³/mol. The number of nitrogens with one attached hydrogen (secondary N) is 2. The van der Waals surface area contributed by atoms with Crippen molar-refractivity contribution >= 4 is 21.6 Å². The number of hydrogen-bond donors (Lipinski definition) is 2. The maximum atomic E-state index is 12.6. The number of aryl methyl sites for hydroxylation is 2. The van der Waals surface area contributed by atoms with Crippen LogP contribution in [0, 0.1) is 13.8 Å². The summed E-state index contributed by atoms with van der Waals surface area (Å²) in [4.78, 5) is 12.7. The topological polar surface area (TPSA) is 75.3 Å². The van der Waals surface area contributed by atoms with Crippen LogP contribution in [0.4, 0.5) is 5.69 Å². The third-order valence-electron chi connectivity index (χ3n) is 4.50. The Bertz CT molecular complexity index is 1090. The second-order valence-electron chi connectivity index (χ2n) is 6.56. The first kappa shape index (κ1) is 19.6. The summed E-state index contributed by atoms with van der Waals surface area (Å²) in [5.74, 6) is -0.261. The van der Waals surface area contributed by atoms with Crippen molar-refractivity contribution in [1.82, 2.24) is 5.32 Å². The van der Waals surface area contributed by atoms with Crippen molar-refractivity contribution in [3.05, 3.63) is 95.1 Å². The molecule has 0 bridgehead atoms. The van der Waals surface area contributed by atoms with Crippen LogP contribution in [0.1, 0.15) is 27.0 Å². The lowest BCUT2D eigenvalue weighted by Crippen LogP contribution is -2.23. The van der Waals surface area contributed by atoms with Gasteiger partial charge in [-0.3, -0.25) is 9.52 Å². The smallest absolute Gasteiger partial charge is 0.261 e. The molecule has 2 N–H and O–H groups in total. The van der Waals surface area contributed by atoms with E-state index in [1.165, 1.54) is 12.1 Å². The van der Waals surface area contributed by atoms with Crippen molar-refractivity contribution in [1.29, 1.82) is 0 Å². The van der Waals surface area contributed by atoms with Gasteiger partial charge >= 0.3 is 0 Å². The van der Waals surface area contributed by atoms with Crippen LogP contribution in [0.3, 0.4) is 0 Å². The van der Waals surface area contributed by atoms with Gasteiger partial charge in [-0.2, -0.15) is 0 Å². The quantitative estimate of drug-likeness (QED) is 0.663. The molecule has 6 heteroatoms. The van der Waals surface area contributed by atoms with Gasteiger partial charge in [-0.05, 0) is 54.8 Å². The lowest BCUT2D eigenvalue weighted by atomic mass is 10.1. The standard InChI is InChI=1S/C22H22N2O3S/c1-16-8-6-7-9-19(16)15-23-22(25)18-13-12-17(2)21(14-18)24-28(26,27)20-10-4-3-5-11-20/h3-14,24H,15H2,1-2H3,(H,23,25). The van der Waals surface area contributed by atoms with Crippen LogP contribution in [0.15, 0.2) is 77.7 Å². The minimum Gasteiger partial charge on any atom is -0.348 e. The minimum absolute atomic E-state index is 0.170. The molecule has 28 heavy (non-hydrogen) atoms. The van der Waals surface area contributed by atoms with Gasteiger partial charge in [-0.15, -0.1) is 0 Å². The molecule has 0 saturated heterocycles. The summed E-state index contributed by atoms with van der Waals surface area (Å²) in [6, 6.07) is 20.9. The number of carbonyl (C=O) groups excluding carboxylic acids is 1. The van der Waals surface area contributed by atoms with Crippen molar-refractivity contribution in [3.63, 3.8) is 0 Å². The molecule has 0 atom stereocenters. The molecule has 0 radical (unpaired) electrons. The molecule has 0 heterocycles. The van der Waals surface area contributed by atoms with Gasteiger partial charge in [0.25, 0.3) is 15.9 Å². The number of anilines is 1. The highest BCUT2D eigenvalue weighted by molar-refractivity contribution is 7.92. The van der Waals surface area contributed by atoms with E-state index in [9.17, 15) is 13.2 Å². The van der Waals surface area contributed by atoms with Gasteiger partial charge in [0.1, 0.15) is 0 Å². The molecule has 0 aliphatic rings.